The van der Waals surface area contributed by atoms with E-state index in [-0.39, 0.29) is 11.9 Å². The molecule has 0 spiro atoms. The summed E-state index contributed by atoms with van der Waals surface area (Å²) in [5.74, 6) is -0.0637. The van der Waals surface area contributed by atoms with Crippen molar-refractivity contribution in [3.8, 4) is 0 Å². The molecule has 6 nitrogen and oxygen atoms in total. The van der Waals surface area contributed by atoms with Crippen molar-refractivity contribution in [2.75, 3.05) is 33.3 Å². The molecule has 1 aliphatic rings. The average Bonchev–Trinajstić information content (AvgIpc) is 2.99. The highest BCUT2D eigenvalue weighted by atomic mass is 16.5. The molecule has 6 heteroatoms. The minimum Gasteiger partial charge on any atom is -0.378 e. The number of amides is 1. The first-order chi connectivity index (χ1) is 10.6. The molecule has 0 aromatic carbocycles. The van der Waals surface area contributed by atoms with E-state index >= 15 is 0 Å². The summed E-state index contributed by atoms with van der Waals surface area (Å²) >= 11 is 0. The molecule has 0 unspecified atom stereocenters. The smallest absolute Gasteiger partial charge is 0.254 e. The van der Waals surface area contributed by atoms with E-state index in [9.17, 15) is 4.79 Å². The number of aromatic nitrogens is 2. The van der Waals surface area contributed by atoms with Crippen LogP contribution in [0, 0.1) is 0 Å². The molecular formula is C16H28N4O2. The van der Waals surface area contributed by atoms with Gasteiger partial charge in [-0.25, -0.2) is 0 Å². The third kappa shape index (κ3) is 5.10. The van der Waals surface area contributed by atoms with E-state index in [1.165, 1.54) is 0 Å². The Labute approximate surface area is 132 Å². The van der Waals surface area contributed by atoms with Crippen molar-refractivity contribution in [1.82, 2.24) is 20.0 Å². The zero-order valence-electron chi connectivity index (χ0n) is 13.9. The summed E-state index contributed by atoms with van der Waals surface area (Å²) in [6.07, 6.45) is 6.85. The maximum Gasteiger partial charge on any atom is 0.254 e. The van der Waals surface area contributed by atoms with Gasteiger partial charge in [0.25, 0.3) is 5.91 Å². The Balaban J connectivity index is 1.59. The van der Waals surface area contributed by atoms with Gasteiger partial charge in [0.15, 0.2) is 0 Å². The van der Waals surface area contributed by atoms with Crippen LogP contribution in [0.4, 0.5) is 0 Å². The first-order valence-electron chi connectivity index (χ1n) is 8.18. The van der Waals surface area contributed by atoms with E-state index in [0.717, 1.165) is 32.4 Å². The molecule has 0 atom stereocenters. The molecule has 1 saturated heterocycles. The van der Waals surface area contributed by atoms with Gasteiger partial charge >= 0.3 is 0 Å². The third-order valence-electron chi connectivity index (χ3n) is 4.02. The Morgan fingerprint density at radius 3 is 2.82 bits per heavy atom. The second-order valence-electron chi connectivity index (χ2n) is 6.29. The molecule has 22 heavy (non-hydrogen) atoms. The topological polar surface area (TPSA) is 59.4 Å². The summed E-state index contributed by atoms with van der Waals surface area (Å²) in [5.41, 5.74) is 0.616. The second-order valence-corrected chi connectivity index (χ2v) is 6.29. The molecule has 0 radical (unpaired) electrons. The molecule has 124 valence electrons. The van der Waals surface area contributed by atoms with Crippen LogP contribution in [-0.2, 0) is 4.74 Å². The van der Waals surface area contributed by atoms with Gasteiger partial charge in [-0.2, -0.15) is 5.10 Å². The fourth-order valence-corrected chi connectivity index (χ4v) is 2.52. The summed E-state index contributed by atoms with van der Waals surface area (Å²) in [6.45, 7) is 7.64. The normalized spacial score (nSPS) is 17.1. The molecule has 1 aromatic rings. The SMILES string of the molecule is CC(C)n1cc(C(=O)NCCCOC2CCN(C)CC2)cn1. The zero-order chi connectivity index (χ0) is 15.9. The molecule has 1 amide bonds. The van der Waals surface area contributed by atoms with E-state index in [2.05, 4.69) is 22.4 Å². The number of carbonyl (C=O) groups excluding carboxylic acids is 1. The fraction of sp³-hybridized carbons (Fsp3) is 0.750. The monoisotopic (exact) mass is 308 g/mol. The lowest BCUT2D eigenvalue weighted by Crippen LogP contribution is -2.34. The summed E-state index contributed by atoms with van der Waals surface area (Å²) in [5, 5.41) is 7.09. The van der Waals surface area contributed by atoms with Crippen LogP contribution in [0.15, 0.2) is 12.4 Å². The van der Waals surface area contributed by atoms with Crippen LogP contribution in [0.25, 0.3) is 0 Å². The van der Waals surface area contributed by atoms with E-state index in [1.807, 2.05) is 13.8 Å². The molecular weight excluding hydrogens is 280 g/mol. The quantitative estimate of drug-likeness (QED) is 0.779. The van der Waals surface area contributed by atoms with Crippen LogP contribution in [0.3, 0.4) is 0 Å². The van der Waals surface area contributed by atoms with E-state index in [4.69, 9.17) is 4.74 Å². The van der Waals surface area contributed by atoms with Crippen LogP contribution in [-0.4, -0.2) is 60.0 Å². The lowest BCUT2D eigenvalue weighted by atomic mass is 10.1. The Bertz CT molecular complexity index is 464. The van der Waals surface area contributed by atoms with Crippen molar-refractivity contribution >= 4 is 5.91 Å². The summed E-state index contributed by atoms with van der Waals surface area (Å²) in [6, 6.07) is 0.268. The second kappa shape index (κ2) is 8.29. The van der Waals surface area contributed by atoms with Gasteiger partial charge in [-0.05, 0) is 40.2 Å². The molecule has 2 rings (SSSR count). The lowest BCUT2D eigenvalue weighted by molar-refractivity contribution is 0.0117. The first-order valence-corrected chi connectivity index (χ1v) is 8.18. The van der Waals surface area contributed by atoms with E-state index in [0.29, 0.717) is 24.8 Å². The summed E-state index contributed by atoms with van der Waals surface area (Å²) < 4.78 is 7.65. The van der Waals surface area contributed by atoms with Gasteiger partial charge in [-0.3, -0.25) is 9.48 Å². The van der Waals surface area contributed by atoms with Gasteiger partial charge in [-0.1, -0.05) is 0 Å². The number of likely N-dealkylation sites (tertiary alicyclic amines) is 1. The van der Waals surface area contributed by atoms with Crippen molar-refractivity contribution in [1.29, 1.82) is 0 Å². The van der Waals surface area contributed by atoms with Gasteiger partial charge in [0.05, 0.1) is 17.9 Å². The summed E-state index contributed by atoms with van der Waals surface area (Å²) in [4.78, 5) is 14.3. The van der Waals surface area contributed by atoms with Crippen molar-refractivity contribution in [2.45, 2.75) is 45.3 Å². The minimum absolute atomic E-state index is 0.0637. The molecule has 0 aliphatic carbocycles. The van der Waals surface area contributed by atoms with Crippen LogP contribution in [0.1, 0.15) is 49.5 Å². The van der Waals surface area contributed by atoms with Crippen LogP contribution in [0.2, 0.25) is 0 Å². The summed E-state index contributed by atoms with van der Waals surface area (Å²) in [7, 11) is 2.15. The third-order valence-corrected chi connectivity index (χ3v) is 4.02. The minimum atomic E-state index is -0.0637. The van der Waals surface area contributed by atoms with Crippen LogP contribution < -0.4 is 5.32 Å². The highest BCUT2D eigenvalue weighted by Gasteiger charge is 2.16. The van der Waals surface area contributed by atoms with E-state index < -0.39 is 0 Å². The van der Waals surface area contributed by atoms with Crippen molar-refractivity contribution < 1.29 is 9.53 Å². The molecule has 1 aliphatic heterocycles. The number of carbonyl (C=O) groups is 1. The van der Waals surface area contributed by atoms with Crippen molar-refractivity contribution in [3.63, 3.8) is 0 Å². The molecule has 2 heterocycles. The Morgan fingerprint density at radius 2 is 2.18 bits per heavy atom. The van der Waals surface area contributed by atoms with Gasteiger partial charge in [0, 0.05) is 38.5 Å². The average molecular weight is 308 g/mol. The Kier molecular flexibility index (Phi) is 6.39. The van der Waals surface area contributed by atoms with Crippen LogP contribution >= 0.6 is 0 Å². The first kappa shape index (κ1) is 17.0. The number of hydrogen-bond donors (Lipinski definition) is 1. The predicted octanol–water partition coefficient (Wildman–Crippen LogP) is 1.69. The van der Waals surface area contributed by atoms with Crippen LogP contribution in [0.5, 0.6) is 0 Å². The lowest BCUT2D eigenvalue weighted by Gasteiger charge is -2.28. The van der Waals surface area contributed by atoms with Crippen molar-refractivity contribution in [3.05, 3.63) is 18.0 Å². The number of nitrogens with one attached hydrogen (secondary N) is 1. The standard InChI is InChI=1S/C16H28N4O2/c1-13(2)20-12-14(11-18-20)16(21)17-7-4-10-22-15-5-8-19(3)9-6-15/h11-13,15H,4-10H2,1-3H3,(H,17,21). The number of hydrogen-bond acceptors (Lipinski definition) is 4. The highest BCUT2D eigenvalue weighted by molar-refractivity contribution is 5.93. The molecule has 0 bridgehead atoms. The number of piperidine rings is 1. The number of nitrogens with zero attached hydrogens (tertiary/aromatic N) is 3. The molecule has 1 N–H and O–H groups in total. The Hall–Kier alpha value is -1.40. The van der Waals surface area contributed by atoms with Gasteiger partial charge in [0.1, 0.15) is 0 Å². The maximum atomic E-state index is 12.0. The number of ether oxygens (including phenoxy) is 1. The predicted molar refractivity (Wildman–Crippen MR) is 86.0 cm³/mol. The number of rotatable bonds is 7. The highest BCUT2D eigenvalue weighted by Crippen LogP contribution is 2.12. The molecule has 1 fully saturated rings. The molecule has 1 aromatic heterocycles. The van der Waals surface area contributed by atoms with Gasteiger partial charge in [0.2, 0.25) is 0 Å². The fourth-order valence-electron chi connectivity index (χ4n) is 2.52. The zero-order valence-corrected chi connectivity index (χ0v) is 13.9. The van der Waals surface area contributed by atoms with E-state index in [1.54, 1.807) is 17.1 Å². The maximum absolute atomic E-state index is 12.0. The van der Waals surface area contributed by atoms with Gasteiger partial charge < -0.3 is 15.0 Å². The largest absolute Gasteiger partial charge is 0.378 e. The van der Waals surface area contributed by atoms with Gasteiger partial charge in [-0.15, -0.1) is 0 Å². The molecule has 0 saturated carbocycles. The Morgan fingerprint density at radius 1 is 1.45 bits per heavy atom. The van der Waals surface area contributed by atoms with Crippen molar-refractivity contribution in [2.24, 2.45) is 0 Å².